The number of hydrogen-bond donors (Lipinski definition) is 2. The number of anilines is 1. The van der Waals surface area contributed by atoms with Gasteiger partial charge < -0.3 is 10.6 Å². The zero-order chi connectivity index (χ0) is 13.7. The minimum Gasteiger partial charge on any atom is -0.325 e. The molecule has 0 aliphatic rings. The fourth-order valence-electron chi connectivity index (χ4n) is 1.36. The summed E-state index contributed by atoms with van der Waals surface area (Å²) in [5.74, 6) is -0.762. The quantitative estimate of drug-likeness (QED) is 0.857. The predicted molar refractivity (Wildman–Crippen MR) is 67.6 cm³/mol. The Bertz CT molecular complexity index is 492. The maximum atomic E-state index is 13.5. The smallest absolute Gasteiger partial charge is 0.238 e. The lowest BCUT2D eigenvalue weighted by molar-refractivity contribution is -0.115. The first-order valence-electron chi connectivity index (χ1n) is 5.67. The molecule has 0 unspecified atom stereocenters. The van der Waals surface area contributed by atoms with Gasteiger partial charge in [-0.15, -0.1) is 0 Å². The number of carbonyl (C=O) groups excluding carboxylic acids is 1. The van der Waals surface area contributed by atoms with Gasteiger partial charge in [0.2, 0.25) is 5.91 Å². The SMILES string of the molecule is Cc1c(F)cc(C#N)cc1NC(=O)CNC(C)C. The van der Waals surface area contributed by atoms with Crippen LogP contribution < -0.4 is 10.6 Å². The second-order valence-electron chi connectivity index (χ2n) is 4.33. The third kappa shape index (κ3) is 3.82. The summed E-state index contributed by atoms with van der Waals surface area (Å²) in [5, 5.41) is 14.3. The van der Waals surface area contributed by atoms with Crippen molar-refractivity contribution in [2.45, 2.75) is 26.8 Å². The van der Waals surface area contributed by atoms with Gasteiger partial charge in [0.1, 0.15) is 5.82 Å². The first-order valence-corrected chi connectivity index (χ1v) is 5.67. The number of hydrogen-bond acceptors (Lipinski definition) is 3. The molecule has 0 aliphatic carbocycles. The number of benzene rings is 1. The second kappa shape index (κ2) is 6.12. The van der Waals surface area contributed by atoms with Crippen LogP contribution >= 0.6 is 0 Å². The van der Waals surface area contributed by atoms with E-state index >= 15 is 0 Å². The second-order valence-corrected chi connectivity index (χ2v) is 4.33. The molecule has 1 rings (SSSR count). The zero-order valence-corrected chi connectivity index (χ0v) is 10.7. The van der Waals surface area contributed by atoms with E-state index < -0.39 is 5.82 Å². The Morgan fingerprint density at radius 2 is 2.17 bits per heavy atom. The number of nitriles is 1. The molecule has 18 heavy (non-hydrogen) atoms. The highest BCUT2D eigenvalue weighted by atomic mass is 19.1. The van der Waals surface area contributed by atoms with Crippen LogP contribution in [0, 0.1) is 24.1 Å². The van der Waals surface area contributed by atoms with E-state index in [9.17, 15) is 9.18 Å². The number of amides is 1. The average Bonchev–Trinajstić information content (AvgIpc) is 2.32. The van der Waals surface area contributed by atoms with Crippen LogP contribution in [0.4, 0.5) is 10.1 Å². The molecule has 0 radical (unpaired) electrons. The van der Waals surface area contributed by atoms with Gasteiger partial charge in [0.05, 0.1) is 18.2 Å². The molecular weight excluding hydrogens is 233 g/mol. The van der Waals surface area contributed by atoms with Gasteiger partial charge >= 0.3 is 0 Å². The highest BCUT2D eigenvalue weighted by Gasteiger charge is 2.10. The van der Waals surface area contributed by atoms with Crippen LogP contribution in [0.15, 0.2) is 12.1 Å². The van der Waals surface area contributed by atoms with Gasteiger partial charge in [-0.25, -0.2) is 4.39 Å². The molecule has 0 aliphatic heterocycles. The third-order valence-corrected chi connectivity index (χ3v) is 2.42. The van der Waals surface area contributed by atoms with E-state index in [1.807, 2.05) is 19.9 Å². The van der Waals surface area contributed by atoms with Crippen LogP contribution in [0.5, 0.6) is 0 Å². The summed E-state index contributed by atoms with van der Waals surface area (Å²) in [5.41, 5.74) is 0.847. The Labute approximate surface area is 106 Å². The lowest BCUT2D eigenvalue weighted by Crippen LogP contribution is -2.32. The molecule has 4 nitrogen and oxygen atoms in total. The molecule has 1 amide bonds. The largest absolute Gasteiger partial charge is 0.325 e. The lowest BCUT2D eigenvalue weighted by Gasteiger charge is -2.11. The molecule has 0 atom stereocenters. The van der Waals surface area contributed by atoms with Crippen molar-refractivity contribution < 1.29 is 9.18 Å². The minimum atomic E-state index is -0.499. The summed E-state index contributed by atoms with van der Waals surface area (Å²) < 4.78 is 13.5. The molecule has 1 aromatic carbocycles. The van der Waals surface area contributed by atoms with Gasteiger partial charge in [0.15, 0.2) is 0 Å². The summed E-state index contributed by atoms with van der Waals surface area (Å²) in [4.78, 5) is 11.6. The Hall–Kier alpha value is -1.93. The van der Waals surface area contributed by atoms with Gasteiger partial charge in [-0.1, -0.05) is 13.8 Å². The maximum absolute atomic E-state index is 13.5. The van der Waals surface area contributed by atoms with Crippen molar-refractivity contribution >= 4 is 11.6 Å². The molecule has 0 heterocycles. The van der Waals surface area contributed by atoms with Crippen LogP contribution in [0.25, 0.3) is 0 Å². The lowest BCUT2D eigenvalue weighted by atomic mass is 10.1. The summed E-state index contributed by atoms with van der Waals surface area (Å²) in [6.45, 7) is 5.56. The molecule has 0 spiro atoms. The molecular formula is C13H16FN3O. The van der Waals surface area contributed by atoms with Crippen LogP contribution in [-0.4, -0.2) is 18.5 Å². The van der Waals surface area contributed by atoms with E-state index in [1.54, 1.807) is 6.92 Å². The summed E-state index contributed by atoms with van der Waals surface area (Å²) >= 11 is 0. The molecule has 1 aromatic rings. The highest BCUT2D eigenvalue weighted by molar-refractivity contribution is 5.93. The fourth-order valence-corrected chi connectivity index (χ4v) is 1.36. The standard InChI is InChI=1S/C13H16FN3O/c1-8(2)16-7-13(18)17-12-5-10(6-15)4-11(14)9(12)3/h4-5,8,16H,7H2,1-3H3,(H,17,18). The number of halogens is 1. The van der Waals surface area contributed by atoms with Gasteiger partial charge in [-0.05, 0) is 19.1 Å². The fraction of sp³-hybridized carbons (Fsp3) is 0.385. The maximum Gasteiger partial charge on any atom is 0.238 e. The molecule has 96 valence electrons. The van der Waals surface area contributed by atoms with Gasteiger partial charge in [0.25, 0.3) is 0 Å². The highest BCUT2D eigenvalue weighted by Crippen LogP contribution is 2.20. The van der Waals surface area contributed by atoms with Gasteiger partial charge in [0, 0.05) is 17.3 Å². The summed E-state index contributed by atoms with van der Waals surface area (Å²) in [6, 6.07) is 4.66. The van der Waals surface area contributed by atoms with Gasteiger partial charge in [-0.2, -0.15) is 5.26 Å². The molecule has 0 aromatic heterocycles. The number of nitrogens with one attached hydrogen (secondary N) is 2. The Morgan fingerprint density at radius 3 is 2.72 bits per heavy atom. The third-order valence-electron chi connectivity index (χ3n) is 2.42. The number of rotatable bonds is 4. The van der Waals surface area contributed by atoms with E-state index in [0.29, 0.717) is 11.3 Å². The van der Waals surface area contributed by atoms with E-state index in [0.717, 1.165) is 6.07 Å². The monoisotopic (exact) mass is 249 g/mol. The number of carbonyl (C=O) groups is 1. The molecule has 0 bridgehead atoms. The Morgan fingerprint density at radius 1 is 1.50 bits per heavy atom. The number of nitrogens with zero attached hydrogens (tertiary/aromatic N) is 1. The zero-order valence-electron chi connectivity index (χ0n) is 10.7. The van der Waals surface area contributed by atoms with Crippen LogP contribution in [0.2, 0.25) is 0 Å². The first kappa shape index (κ1) is 14.1. The molecule has 0 fully saturated rings. The minimum absolute atomic E-state index is 0.148. The normalized spacial score (nSPS) is 10.2. The van der Waals surface area contributed by atoms with E-state index in [4.69, 9.17) is 5.26 Å². The predicted octanol–water partition coefficient (Wildman–Crippen LogP) is 1.94. The van der Waals surface area contributed by atoms with Crippen molar-refractivity contribution in [3.8, 4) is 6.07 Å². The van der Waals surface area contributed by atoms with Crippen LogP contribution in [-0.2, 0) is 4.79 Å². The first-order chi connectivity index (χ1) is 8.43. The molecule has 2 N–H and O–H groups in total. The van der Waals surface area contributed by atoms with Crippen LogP contribution in [0.3, 0.4) is 0 Å². The van der Waals surface area contributed by atoms with Crippen molar-refractivity contribution in [1.29, 1.82) is 5.26 Å². The average molecular weight is 249 g/mol. The van der Waals surface area contributed by atoms with Crippen molar-refractivity contribution in [3.05, 3.63) is 29.1 Å². The van der Waals surface area contributed by atoms with E-state index in [-0.39, 0.29) is 24.1 Å². The summed E-state index contributed by atoms with van der Waals surface area (Å²) in [7, 11) is 0. The van der Waals surface area contributed by atoms with E-state index in [1.165, 1.54) is 6.07 Å². The van der Waals surface area contributed by atoms with Crippen molar-refractivity contribution in [2.24, 2.45) is 0 Å². The Balaban J connectivity index is 2.81. The van der Waals surface area contributed by atoms with Gasteiger partial charge in [-0.3, -0.25) is 4.79 Å². The topological polar surface area (TPSA) is 64.9 Å². The van der Waals surface area contributed by atoms with Crippen molar-refractivity contribution in [3.63, 3.8) is 0 Å². The molecule has 0 saturated carbocycles. The molecule has 5 heteroatoms. The summed E-state index contributed by atoms with van der Waals surface area (Å²) in [6.07, 6.45) is 0. The van der Waals surface area contributed by atoms with Crippen molar-refractivity contribution in [1.82, 2.24) is 5.32 Å². The molecule has 0 saturated heterocycles. The van der Waals surface area contributed by atoms with Crippen LogP contribution in [0.1, 0.15) is 25.0 Å². The van der Waals surface area contributed by atoms with Crippen molar-refractivity contribution in [2.75, 3.05) is 11.9 Å². The van der Waals surface area contributed by atoms with E-state index in [2.05, 4.69) is 10.6 Å². The Kier molecular flexibility index (Phi) is 4.81.